The molecule has 106 valence electrons. The summed E-state index contributed by atoms with van der Waals surface area (Å²) in [5, 5.41) is -4.21. The van der Waals surface area contributed by atoms with Crippen LogP contribution in [0.3, 0.4) is 0 Å². The second-order valence-electron chi connectivity index (χ2n) is 3.67. The standard InChI is InChI=1S/C10H11F2NO4S2.Li/c1-3-8-4-6-9(7-5-8)18(14,15)13-19(16,17)10(2,11)12;/h3-7,13H,1H2,2H3;/q;+1. The molecule has 0 aliphatic heterocycles. The van der Waals surface area contributed by atoms with E-state index in [9.17, 15) is 25.6 Å². The zero-order chi connectivity index (χ0) is 14.9. The molecule has 0 bridgehead atoms. The van der Waals surface area contributed by atoms with Gasteiger partial charge in [0.1, 0.15) is 0 Å². The Morgan fingerprint density at radius 3 is 1.95 bits per heavy atom. The number of alkyl halides is 2. The molecule has 5 nitrogen and oxygen atoms in total. The summed E-state index contributed by atoms with van der Waals surface area (Å²) in [6, 6.07) is 4.89. The monoisotopic (exact) mass is 318 g/mol. The Morgan fingerprint density at radius 1 is 1.15 bits per heavy atom. The molecule has 0 saturated heterocycles. The Balaban J connectivity index is 0.00000361. The SMILES string of the molecule is C=Cc1ccc(S(=O)(=O)NS(=O)(=O)C(C)(F)F)cc1.[Li+]. The van der Waals surface area contributed by atoms with Crippen LogP contribution in [0.5, 0.6) is 0 Å². The average Bonchev–Trinajstić information content (AvgIpc) is 2.26. The molecule has 0 spiro atoms. The third kappa shape index (κ3) is 4.39. The summed E-state index contributed by atoms with van der Waals surface area (Å²) in [6.45, 7) is 3.54. The average molecular weight is 318 g/mol. The molecule has 1 N–H and O–H groups in total. The molecule has 1 aromatic rings. The van der Waals surface area contributed by atoms with Gasteiger partial charge >= 0.3 is 24.1 Å². The summed E-state index contributed by atoms with van der Waals surface area (Å²) in [5.74, 6) is 0. The number of halogens is 2. The minimum Gasteiger partial charge on any atom is -0.206 e. The molecule has 0 heterocycles. The summed E-state index contributed by atoms with van der Waals surface area (Å²) in [7, 11) is -9.89. The third-order valence-electron chi connectivity index (χ3n) is 2.12. The van der Waals surface area contributed by atoms with Gasteiger partial charge in [-0.2, -0.15) is 8.78 Å². The van der Waals surface area contributed by atoms with Crippen molar-refractivity contribution in [3.63, 3.8) is 0 Å². The largest absolute Gasteiger partial charge is 1.00 e. The fourth-order valence-electron chi connectivity index (χ4n) is 1.05. The first kappa shape index (κ1) is 19.3. The summed E-state index contributed by atoms with van der Waals surface area (Å²) < 4.78 is 72.0. The molecule has 20 heavy (non-hydrogen) atoms. The van der Waals surface area contributed by atoms with Gasteiger partial charge < -0.3 is 0 Å². The quantitative estimate of drug-likeness (QED) is 0.674. The smallest absolute Gasteiger partial charge is 0.206 e. The molecular weight excluding hydrogens is 307 g/mol. The second kappa shape index (κ2) is 6.37. The van der Waals surface area contributed by atoms with Crippen LogP contribution in [0.4, 0.5) is 8.78 Å². The summed E-state index contributed by atoms with van der Waals surface area (Å²) in [4.78, 5) is -0.439. The van der Waals surface area contributed by atoms with Gasteiger partial charge in [0.2, 0.25) is 0 Å². The van der Waals surface area contributed by atoms with Gasteiger partial charge in [-0.1, -0.05) is 28.9 Å². The normalized spacial score (nSPS) is 12.6. The maximum absolute atomic E-state index is 12.7. The first-order chi connectivity index (χ1) is 8.49. The van der Waals surface area contributed by atoms with Crippen molar-refractivity contribution in [2.24, 2.45) is 0 Å². The van der Waals surface area contributed by atoms with E-state index < -0.39 is 30.2 Å². The van der Waals surface area contributed by atoms with Crippen molar-refractivity contribution in [1.82, 2.24) is 4.13 Å². The molecule has 0 aliphatic carbocycles. The van der Waals surface area contributed by atoms with E-state index in [2.05, 4.69) is 6.58 Å². The van der Waals surface area contributed by atoms with Crippen molar-refractivity contribution in [2.45, 2.75) is 17.1 Å². The predicted molar refractivity (Wildman–Crippen MR) is 66.4 cm³/mol. The van der Waals surface area contributed by atoms with Gasteiger partial charge in [-0.15, -0.1) is 0 Å². The van der Waals surface area contributed by atoms with Gasteiger partial charge in [-0.3, -0.25) is 0 Å². The molecule has 0 unspecified atom stereocenters. The van der Waals surface area contributed by atoms with Crippen LogP contribution < -0.4 is 23.0 Å². The molecule has 0 aromatic heterocycles. The van der Waals surface area contributed by atoms with Gasteiger partial charge in [-0.25, -0.2) is 16.8 Å². The second-order valence-corrected chi connectivity index (χ2v) is 7.54. The first-order valence-corrected chi connectivity index (χ1v) is 7.85. The summed E-state index contributed by atoms with van der Waals surface area (Å²) in [5.41, 5.74) is 0.600. The van der Waals surface area contributed by atoms with Crippen molar-refractivity contribution in [2.75, 3.05) is 0 Å². The van der Waals surface area contributed by atoms with Crippen LogP contribution in [0.2, 0.25) is 0 Å². The minimum atomic E-state index is -5.31. The van der Waals surface area contributed by atoms with Crippen molar-refractivity contribution < 1.29 is 44.5 Å². The topological polar surface area (TPSA) is 80.3 Å². The van der Waals surface area contributed by atoms with E-state index in [0.29, 0.717) is 5.56 Å². The molecular formula is C10H11F2LiNO4S2+. The van der Waals surface area contributed by atoms with E-state index in [1.807, 2.05) is 0 Å². The number of sulfonamides is 2. The molecule has 0 aliphatic rings. The van der Waals surface area contributed by atoms with Gasteiger partial charge in [0.05, 0.1) is 4.90 Å². The molecule has 10 heteroatoms. The number of benzene rings is 1. The van der Waals surface area contributed by atoms with Crippen LogP contribution in [0.15, 0.2) is 35.7 Å². The van der Waals surface area contributed by atoms with Crippen molar-refractivity contribution >= 4 is 26.1 Å². The van der Waals surface area contributed by atoms with Crippen LogP contribution in [0, 0.1) is 0 Å². The van der Waals surface area contributed by atoms with Gasteiger partial charge in [0.15, 0.2) is 0 Å². The zero-order valence-electron chi connectivity index (χ0n) is 10.8. The molecule has 0 amide bonds. The van der Waals surface area contributed by atoms with E-state index in [1.165, 1.54) is 18.2 Å². The van der Waals surface area contributed by atoms with Crippen LogP contribution >= 0.6 is 0 Å². The van der Waals surface area contributed by atoms with E-state index in [4.69, 9.17) is 0 Å². The zero-order valence-corrected chi connectivity index (χ0v) is 12.4. The first-order valence-electron chi connectivity index (χ1n) is 4.88. The van der Waals surface area contributed by atoms with Crippen LogP contribution in [0.1, 0.15) is 12.5 Å². The van der Waals surface area contributed by atoms with Gasteiger partial charge in [0.25, 0.3) is 20.0 Å². The Bertz CT molecular complexity index is 679. The van der Waals surface area contributed by atoms with Crippen LogP contribution in [-0.2, 0) is 20.0 Å². The molecule has 1 aromatic carbocycles. The van der Waals surface area contributed by atoms with Crippen molar-refractivity contribution in [1.29, 1.82) is 0 Å². The molecule has 0 fully saturated rings. The van der Waals surface area contributed by atoms with E-state index in [-0.39, 0.29) is 25.8 Å². The maximum Gasteiger partial charge on any atom is 1.00 e. The maximum atomic E-state index is 12.7. The molecule has 0 saturated carbocycles. The van der Waals surface area contributed by atoms with Crippen molar-refractivity contribution in [3.8, 4) is 0 Å². The number of rotatable bonds is 5. The Morgan fingerprint density at radius 2 is 1.60 bits per heavy atom. The number of hydrogen-bond donors (Lipinski definition) is 1. The summed E-state index contributed by atoms with van der Waals surface area (Å²) >= 11 is 0. The number of nitrogens with one attached hydrogen (secondary N) is 1. The van der Waals surface area contributed by atoms with Crippen LogP contribution in [0.25, 0.3) is 6.08 Å². The van der Waals surface area contributed by atoms with Gasteiger partial charge in [0, 0.05) is 6.92 Å². The summed E-state index contributed by atoms with van der Waals surface area (Å²) in [6.07, 6.45) is 1.45. The van der Waals surface area contributed by atoms with E-state index >= 15 is 0 Å². The molecule has 0 radical (unpaired) electrons. The minimum absolute atomic E-state index is 0. The molecule has 1 rings (SSSR count). The Hall–Kier alpha value is -0.723. The fourth-order valence-corrected chi connectivity index (χ4v) is 3.67. The third-order valence-corrected chi connectivity index (χ3v) is 5.71. The van der Waals surface area contributed by atoms with E-state index in [1.54, 1.807) is 0 Å². The number of hydrogen-bond acceptors (Lipinski definition) is 4. The Kier molecular flexibility index (Phi) is 6.14. The van der Waals surface area contributed by atoms with Gasteiger partial charge in [-0.05, 0) is 17.7 Å². The predicted octanol–water partition coefficient (Wildman–Crippen LogP) is -1.45. The van der Waals surface area contributed by atoms with Crippen molar-refractivity contribution in [3.05, 3.63) is 36.4 Å². The fraction of sp³-hybridized carbons (Fsp3) is 0.200. The van der Waals surface area contributed by atoms with Crippen LogP contribution in [-0.4, -0.2) is 22.1 Å². The van der Waals surface area contributed by atoms with E-state index in [0.717, 1.165) is 16.3 Å². The molecule has 0 atom stereocenters. The Labute approximate surface area is 128 Å².